The molecule has 0 radical (unpaired) electrons. The summed E-state index contributed by atoms with van der Waals surface area (Å²) in [6.45, 7) is 5.30. The third-order valence-corrected chi connectivity index (χ3v) is 2.24. The fourth-order valence-electron chi connectivity index (χ4n) is 0.565. The van der Waals surface area contributed by atoms with Gasteiger partial charge in [0.15, 0.2) is 0 Å². The van der Waals surface area contributed by atoms with Crippen LogP contribution in [0.1, 0.15) is 26.7 Å². The lowest BCUT2D eigenvalue weighted by molar-refractivity contribution is 0.813. The first-order valence-corrected chi connectivity index (χ1v) is 4.64. The molecule has 0 rings (SSSR count). The maximum atomic E-state index is 5.34. The molecule has 0 aliphatic rings. The molecule has 2 heteroatoms. The van der Waals surface area contributed by atoms with Crippen molar-refractivity contribution in [1.82, 2.24) is 0 Å². The van der Waals surface area contributed by atoms with Crippen molar-refractivity contribution in [3.8, 4) is 0 Å². The molecule has 0 saturated heterocycles. The molecule has 0 aliphatic heterocycles. The average Bonchev–Trinajstić information content (AvgIpc) is 1.80. The van der Waals surface area contributed by atoms with Gasteiger partial charge in [0.2, 0.25) is 0 Å². The molecule has 1 nitrogen and oxygen atoms in total. The standard InChI is InChI=1S/C7H17NS/c1-7(2)9-6-4-3-5-8/h7H,3-6,8H2,1-2H3. The van der Waals surface area contributed by atoms with E-state index in [2.05, 4.69) is 13.8 Å². The fourth-order valence-corrected chi connectivity index (χ4v) is 1.41. The van der Waals surface area contributed by atoms with Crippen molar-refractivity contribution in [3.05, 3.63) is 0 Å². The van der Waals surface area contributed by atoms with Gasteiger partial charge in [-0.3, -0.25) is 0 Å². The highest BCUT2D eigenvalue weighted by Gasteiger charge is 1.91. The molecule has 56 valence electrons. The molecule has 0 aromatic rings. The molecule has 0 fully saturated rings. The number of nitrogens with two attached hydrogens (primary N) is 1. The van der Waals surface area contributed by atoms with Crippen LogP contribution >= 0.6 is 11.8 Å². The number of hydrogen-bond acceptors (Lipinski definition) is 2. The van der Waals surface area contributed by atoms with Gasteiger partial charge in [-0.1, -0.05) is 13.8 Å². The van der Waals surface area contributed by atoms with Crippen LogP contribution in [0, 0.1) is 0 Å². The predicted octanol–water partition coefficient (Wildman–Crippen LogP) is 1.87. The summed E-state index contributed by atoms with van der Waals surface area (Å²) in [6, 6.07) is 0. The summed E-state index contributed by atoms with van der Waals surface area (Å²) in [6.07, 6.45) is 2.46. The summed E-state index contributed by atoms with van der Waals surface area (Å²) < 4.78 is 0. The molecule has 0 spiro atoms. The van der Waals surface area contributed by atoms with Gasteiger partial charge < -0.3 is 5.73 Å². The zero-order chi connectivity index (χ0) is 7.11. The van der Waals surface area contributed by atoms with Crippen molar-refractivity contribution in [1.29, 1.82) is 0 Å². The normalized spacial score (nSPS) is 10.7. The van der Waals surface area contributed by atoms with E-state index in [1.807, 2.05) is 11.8 Å². The quantitative estimate of drug-likeness (QED) is 0.601. The molecular weight excluding hydrogens is 130 g/mol. The molecule has 0 aromatic carbocycles. The van der Waals surface area contributed by atoms with E-state index in [4.69, 9.17) is 5.73 Å². The first-order chi connectivity index (χ1) is 4.27. The Morgan fingerprint density at radius 3 is 2.44 bits per heavy atom. The predicted molar refractivity (Wildman–Crippen MR) is 45.9 cm³/mol. The smallest absolute Gasteiger partial charge is 0.000968 e. The summed E-state index contributed by atoms with van der Waals surface area (Å²) in [4.78, 5) is 0. The van der Waals surface area contributed by atoms with Crippen LogP contribution in [0.5, 0.6) is 0 Å². The van der Waals surface area contributed by atoms with E-state index in [-0.39, 0.29) is 0 Å². The van der Waals surface area contributed by atoms with Crippen LogP contribution in [0.25, 0.3) is 0 Å². The molecule has 0 aliphatic carbocycles. The second kappa shape index (κ2) is 6.43. The fraction of sp³-hybridized carbons (Fsp3) is 1.00. The minimum Gasteiger partial charge on any atom is -0.330 e. The van der Waals surface area contributed by atoms with Gasteiger partial charge in [-0.25, -0.2) is 0 Å². The van der Waals surface area contributed by atoms with Crippen LogP contribution in [-0.4, -0.2) is 17.5 Å². The van der Waals surface area contributed by atoms with Gasteiger partial charge in [0.1, 0.15) is 0 Å². The highest BCUT2D eigenvalue weighted by Crippen LogP contribution is 2.10. The first kappa shape index (κ1) is 9.31. The minimum atomic E-state index is 0.780. The molecule has 0 bridgehead atoms. The molecule has 0 unspecified atom stereocenters. The molecular formula is C7H17NS. The highest BCUT2D eigenvalue weighted by molar-refractivity contribution is 7.99. The molecule has 0 atom stereocenters. The zero-order valence-electron chi connectivity index (χ0n) is 6.39. The van der Waals surface area contributed by atoms with Gasteiger partial charge in [-0.05, 0) is 30.4 Å². The lowest BCUT2D eigenvalue weighted by Crippen LogP contribution is -1.99. The monoisotopic (exact) mass is 147 g/mol. The molecule has 0 saturated carbocycles. The second-order valence-corrected chi connectivity index (χ2v) is 4.10. The Hall–Kier alpha value is 0.310. The number of rotatable bonds is 5. The van der Waals surface area contributed by atoms with Gasteiger partial charge in [0, 0.05) is 0 Å². The van der Waals surface area contributed by atoms with Crippen molar-refractivity contribution < 1.29 is 0 Å². The Balaban J connectivity index is 2.75. The van der Waals surface area contributed by atoms with E-state index >= 15 is 0 Å². The Morgan fingerprint density at radius 2 is 2.00 bits per heavy atom. The topological polar surface area (TPSA) is 26.0 Å². The van der Waals surface area contributed by atoms with Crippen molar-refractivity contribution in [2.45, 2.75) is 31.9 Å². The first-order valence-electron chi connectivity index (χ1n) is 3.59. The van der Waals surface area contributed by atoms with Gasteiger partial charge in [-0.2, -0.15) is 11.8 Å². The van der Waals surface area contributed by atoms with Crippen molar-refractivity contribution in [2.24, 2.45) is 5.73 Å². The van der Waals surface area contributed by atoms with Gasteiger partial charge in [0.25, 0.3) is 0 Å². The largest absolute Gasteiger partial charge is 0.330 e. The van der Waals surface area contributed by atoms with Crippen LogP contribution in [0.15, 0.2) is 0 Å². The Labute approximate surface area is 62.4 Å². The number of thioether (sulfide) groups is 1. The summed E-state index contributed by atoms with van der Waals surface area (Å²) in [5.74, 6) is 1.27. The molecule has 2 N–H and O–H groups in total. The molecule has 0 aromatic heterocycles. The average molecular weight is 147 g/mol. The summed E-state index contributed by atoms with van der Waals surface area (Å²) in [5.41, 5.74) is 5.34. The molecule has 9 heavy (non-hydrogen) atoms. The SMILES string of the molecule is CC(C)SCCCCN. The number of unbranched alkanes of at least 4 members (excludes halogenated alkanes) is 1. The van der Waals surface area contributed by atoms with E-state index < -0.39 is 0 Å². The Morgan fingerprint density at radius 1 is 1.33 bits per heavy atom. The second-order valence-electron chi connectivity index (χ2n) is 2.42. The molecule has 0 heterocycles. The third-order valence-electron chi connectivity index (χ3n) is 1.05. The Kier molecular flexibility index (Phi) is 6.65. The maximum absolute atomic E-state index is 5.34. The lowest BCUT2D eigenvalue weighted by Gasteiger charge is -2.02. The Bertz CT molecular complexity index is 54.9. The summed E-state index contributed by atoms with van der Waals surface area (Å²) in [5, 5.41) is 0.780. The van der Waals surface area contributed by atoms with Gasteiger partial charge in [0.05, 0.1) is 0 Å². The highest BCUT2D eigenvalue weighted by atomic mass is 32.2. The van der Waals surface area contributed by atoms with Crippen molar-refractivity contribution in [2.75, 3.05) is 12.3 Å². The van der Waals surface area contributed by atoms with E-state index in [1.165, 1.54) is 18.6 Å². The van der Waals surface area contributed by atoms with E-state index in [9.17, 15) is 0 Å². The third kappa shape index (κ3) is 8.31. The van der Waals surface area contributed by atoms with Crippen molar-refractivity contribution >= 4 is 11.8 Å². The summed E-state index contributed by atoms with van der Waals surface area (Å²) >= 11 is 2.02. The van der Waals surface area contributed by atoms with Crippen LogP contribution in [-0.2, 0) is 0 Å². The number of hydrogen-bond donors (Lipinski definition) is 1. The lowest BCUT2D eigenvalue weighted by atomic mass is 10.3. The van der Waals surface area contributed by atoms with Crippen LogP contribution in [0.2, 0.25) is 0 Å². The van der Waals surface area contributed by atoms with Crippen LogP contribution in [0.3, 0.4) is 0 Å². The van der Waals surface area contributed by atoms with Gasteiger partial charge >= 0.3 is 0 Å². The summed E-state index contributed by atoms with van der Waals surface area (Å²) in [7, 11) is 0. The van der Waals surface area contributed by atoms with Gasteiger partial charge in [-0.15, -0.1) is 0 Å². The molecule has 0 amide bonds. The maximum Gasteiger partial charge on any atom is -0.000968 e. The van der Waals surface area contributed by atoms with Crippen LogP contribution in [0.4, 0.5) is 0 Å². The van der Waals surface area contributed by atoms with Crippen LogP contribution < -0.4 is 5.73 Å². The van der Waals surface area contributed by atoms with E-state index in [0.29, 0.717) is 0 Å². The zero-order valence-corrected chi connectivity index (χ0v) is 7.21. The van der Waals surface area contributed by atoms with E-state index in [1.54, 1.807) is 0 Å². The van der Waals surface area contributed by atoms with Crippen molar-refractivity contribution in [3.63, 3.8) is 0 Å². The minimum absolute atomic E-state index is 0.780. The van der Waals surface area contributed by atoms with E-state index in [0.717, 1.165) is 11.8 Å².